The summed E-state index contributed by atoms with van der Waals surface area (Å²) in [7, 11) is -3.65. The number of hydrogen-bond acceptors (Lipinski definition) is 3. The van der Waals surface area contributed by atoms with Crippen molar-refractivity contribution in [3.8, 4) is 0 Å². The topological polar surface area (TPSA) is 40.6 Å². The molecule has 1 aliphatic heterocycles. The lowest BCUT2D eigenvalue weighted by molar-refractivity contribution is 0.180. The van der Waals surface area contributed by atoms with Crippen LogP contribution >= 0.6 is 11.6 Å². The maximum atomic E-state index is 13.9. The van der Waals surface area contributed by atoms with Crippen LogP contribution in [0.2, 0.25) is 5.02 Å². The van der Waals surface area contributed by atoms with Crippen LogP contribution in [0.25, 0.3) is 0 Å². The minimum atomic E-state index is -3.65. The zero-order valence-corrected chi connectivity index (χ0v) is 14.9. The summed E-state index contributed by atoms with van der Waals surface area (Å²) in [6, 6.07) is 9.32. The summed E-state index contributed by atoms with van der Waals surface area (Å²) >= 11 is 6.04. The van der Waals surface area contributed by atoms with E-state index in [0.717, 1.165) is 12.1 Å². The van der Waals surface area contributed by atoms with E-state index < -0.39 is 15.8 Å². The number of benzene rings is 2. The van der Waals surface area contributed by atoms with Gasteiger partial charge in [-0.25, -0.2) is 17.2 Å². The molecule has 0 aromatic heterocycles. The number of piperazine rings is 1. The van der Waals surface area contributed by atoms with Gasteiger partial charge in [-0.3, -0.25) is 4.90 Å². The van der Waals surface area contributed by atoms with Crippen molar-refractivity contribution in [1.82, 2.24) is 9.21 Å². The summed E-state index contributed by atoms with van der Waals surface area (Å²) < 4.78 is 53.4. The summed E-state index contributed by atoms with van der Waals surface area (Å²) in [5.74, 6) is -0.848. The second-order valence-corrected chi connectivity index (χ2v) is 8.18. The highest BCUT2D eigenvalue weighted by molar-refractivity contribution is 7.89. The first-order valence-corrected chi connectivity index (χ1v) is 9.61. The molecule has 0 atom stereocenters. The van der Waals surface area contributed by atoms with E-state index in [-0.39, 0.29) is 23.8 Å². The Balaban J connectivity index is 1.66. The van der Waals surface area contributed by atoms with E-state index in [1.807, 2.05) is 4.90 Å². The largest absolute Gasteiger partial charge is 0.296 e. The van der Waals surface area contributed by atoms with Crippen LogP contribution in [0.4, 0.5) is 8.78 Å². The molecule has 0 saturated carbocycles. The molecular weight excluding hydrogens is 370 g/mol. The standard InChI is InChI=1S/C17H17ClF2N2O2S/c18-16-2-1-3-17(20)15(16)12-21-8-10-22(11-9-21)25(23,24)14-6-4-13(19)5-7-14/h1-7H,8-12H2. The van der Waals surface area contributed by atoms with Gasteiger partial charge in [0.15, 0.2) is 0 Å². The second kappa shape index (κ2) is 7.37. The fraction of sp³-hybridized carbons (Fsp3) is 0.294. The molecule has 1 fully saturated rings. The fourth-order valence-corrected chi connectivity index (χ4v) is 4.44. The Labute approximate surface area is 150 Å². The van der Waals surface area contributed by atoms with Crippen molar-refractivity contribution < 1.29 is 17.2 Å². The average molecular weight is 387 g/mol. The van der Waals surface area contributed by atoms with E-state index in [4.69, 9.17) is 11.6 Å². The van der Waals surface area contributed by atoms with Gasteiger partial charge in [0.05, 0.1) is 4.90 Å². The lowest BCUT2D eigenvalue weighted by atomic mass is 10.2. The van der Waals surface area contributed by atoms with Crippen LogP contribution in [0.1, 0.15) is 5.56 Å². The highest BCUT2D eigenvalue weighted by atomic mass is 35.5. The molecule has 0 radical (unpaired) electrons. The molecule has 0 bridgehead atoms. The van der Waals surface area contributed by atoms with Gasteiger partial charge in [0.2, 0.25) is 10.0 Å². The smallest absolute Gasteiger partial charge is 0.243 e. The van der Waals surface area contributed by atoms with E-state index in [9.17, 15) is 17.2 Å². The maximum absolute atomic E-state index is 13.9. The number of rotatable bonds is 4. The maximum Gasteiger partial charge on any atom is 0.243 e. The third-order valence-electron chi connectivity index (χ3n) is 4.23. The molecule has 8 heteroatoms. The highest BCUT2D eigenvalue weighted by Crippen LogP contribution is 2.23. The van der Waals surface area contributed by atoms with Gasteiger partial charge in [0.25, 0.3) is 0 Å². The molecule has 3 rings (SSSR count). The number of hydrogen-bond donors (Lipinski definition) is 0. The van der Waals surface area contributed by atoms with Crippen LogP contribution < -0.4 is 0 Å². The summed E-state index contributed by atoms with van der Waals surface area (Å²) in [4.78, 5) is 2.03. The molecule has 0 amide bonds. The third kappa shape index (κ3) is 4.00. The average Bonchev–Trinajstić information content (AvgIpc) is 2.59. The minimum Gasteiger partial charge on any atom is -0.296 e. The number of sulfonamides is 1. The first kappa shape index (κ1) is 18.3. The van der Waals surface area contributed by atoms with Crippen LogP contribution in [0, 0.1) is 11.6 Å². The Morgan fingerprint density at radius 1 is 0.960 bits per heavy atom. The van der Waals surface area contributed by atoms with Gasteiger partial charge in [-0.15, -0.1) is 0 Å². The van der Waals surface area contributed by atoms with E-state index in [1.165, 1.54) is 22.5 Å². The zero-order valence-electron chi connectivity index (χ0n) is 13.3. The summed E-state index contributed by atoms with van der Waals surface area (Å²) in [5, 5.41) is 0.362. The Hall–Kier alpha value is -1.54. The van der Waals surface area contributed by atoms with Crippen molar-refractivity contribution in [1.29, 1.82) is 0 Å². The Kier molecular flexibility index (Phi) is 5.38. The Morgan fingerprint density at radius 3 is 2.20 bits per heavy atom. The van der Waals surface area contributed by atoms with Crippen molar-refractivity contribution in [2.24, 2.45) is 0 Å². The quantitative estimate of drug-likeness (QED) is 0.810. The first-order valence-electron chi connectivity index (χ1n) is 7.79. The molecule has 2 aromatic rings. The minimum absolute atomic E-state index is 0.0690. The van der Waals surface area contributed by atoms with Crippen molar-refractivity contribution in [3.05, 3.63) is 64.7 Å². The van der Waals surface area contributed by atoms with E-state index in [0.29, 0.717) is 30.2 Å². The van der Waals surface area contributed by atoms with Crippen molar-refractivity contribution in [2.75, 3.05) is 26.2 Å². The van der Waals surface area contributed by atoms with Crippen LogP contribution in [0.5, 0.6) is 0 Å². The lowest BCUT2D eigenvalue weighted by Gasteiger charge is -2.34. The van der Waals surface area contributed by atoms with Crippen LogP contribution in [0.3, 0.4) is 0 Å². The van der Waals surface area contributed by atoms with Gasteiger partial charge in [-0.1, -0.05) is 17.7 Å². The molecule has 1 saturated heterocycles. The monoisotopic (exact) mass is 386 g/mol. The molecule has 134 valence electrons. The normalized spacial score (nSPS) is 16.9. The van der Waals surface area contributed by atoms with Crippen molar-refractivity contribution >= 4 is 21.6 Å². The van der Waals surface area contributed by atoms with Crippen LogP contribution in [-0.4, -0.2) is 43.8 Å². The van der Waals surface area contributed by atoms with Gasteiger partial charge >= 0.3 is 0 Å². The van der Waals surface area contributed by atoms with Crippen molar-refractivity contribution in [2.45, 2.75) is 11.4 Å². The highest BCUT2D eigenvalue weighted by Gasteiger charge is 2.28. The number of halogens is 3. The molecule has 0 spiro atoms. The van der Waals surface area contributed by atoms with Gasteiger partial charge in [0, 0.05) is 43.3 Å². The first-order chi connectivity index (χ1) is 11.9. The van der Waals surface area contributed by atoms with E-state index in [2.05, 4.69) is 0 Å². The van der Waals surface area contributed by atoms with Gasteiger partial charge in [0.1, 0.15) is 11.6 Å². The molecule has 0 unspecified atom stereocenters. The van der Waals surface area contributed by atoms with Gasteiger partial charge in [-0.2, -0.15) is 4.31 Å². The molecule has 0 N–H and O–H groups in total. The molecule has 4 nitrogen and oxygen atoms in total. The molecule has 2 aromatic carbocycles. The summed E-state index contributed by atoms with van der Waals surface area (Å²) in [5.41, 5.74) is 0.416. The molecule has 1 aliphatic rings. The van der Waals surface area contributed by atoms with E-state index >= 15 is 0 Å². The molecule has 25 heavy (non-hydrogen) atoms. The van der Waals surface area contributed by atoms with Gasteiger partial charge < -0.3 is 0 Å². The van der Waals surface area contributed by atoms with E-state index in [1.54, 1.807) is 12.1 Å². The summed E-state index contributed by atoms with van der Waals surface area (Å²) in [6.07, 6.45) is 0. The predicted molar refractivity (Wildman–Crippen MR) is 91.8 cm³/mol. The molecule has 1 heterocycles. The fourth-order valence-electron chi connectivity index (χ4n) is 2.79. The Bertz CT molecular complexity index is 831. The zero-order chi connectivity index (χ0) is 18.0. The molecule has 0 aliphatic carbocycles. The number of nitrogens with zero attached hydrogens (tertiary/aromatic N) is 2. The van der Waals surface area contributed by atoms with Crippen LogP contribution in [-0.2, 0) is 16.6 Å². The molecular formula is C17H17ClF2N2O2S. The van der Waals surface area contributed by atoms with Crippen molar-refractivity contribution in [3.63, 3.8) is 0 Å². The summed E-state index contributed by atoms with van der Waals surface area (Å²) in [6.45, 7) is 1.82. The lowest BCUT2D eigenvalue weighted by Crippen LogP contribution is -2.48. The third-order valence-corrected chi connectivity index (χ3v) is 6.49. The van der Waals surface area contributed by atoms with Crippen LogP contribution in [0.15, 0.2) is 47.4 Å². The predicted octanol–water partition coefficient (Wildman–Crippen LogP) is 3.12. The Morgan fingerprint density at radius 2 is 1.60 bits per heavy atom. The van der Waals surface area contributed by atoms with Gasteiger partial charge in [-0.05, 0) is 36.4 Å². The SMILES string of the molecule is O=S(=O)(c1ccc(F)cc1)N1CCN(Cc2c(F)cccc2Cl)CC1. The second-order valence-electron chi connectivity index (χ2n) is 5.83.